The van der Waals surface area contributed by atoms with Gasteiger partial charge in [0.2, 0.25) is 0 Å². The fourth-order valence-corrected chi connectivity index (χ4v) is 3.83. The number of anilines is 1. The van der Waals surface area contributed by atoms with Gasteiger partial charge in [0, 0.05) is 4.88 Å². The number of aromatic amines is 1. The molecule has 106 valence electrons. The van der Waals surface area contributed by atoms with Crippen molar-refractivity contribution in [3.05, 3.63) is 32.8 Å². The van der Waals surface area contributed by atoms with E-state index in [1.165, 1.54) is 16.9 Å². The second-order valence-corrected chi connectivity index (χ2v) is 6.81. The Kier molecular flexibility index (Phi) is 3.38. The number of H-pyrrole nitrogens is 1. The van der Waals surface area contributed by atoms with E-state index in [0.717, 1.165) is 40.7 Å². The summed E-state index contributed by atoms with van der Waals surface area (Å²) in [7, 11) is 0. The van der Waals surface area contributed by atoms with Crippen LogP contribution < -0.4 is 5.32 Å². The van der Waals surface area contributed by atoms with Gasteiger partial charge < -0.3 is 5.32 Å². The molecule has 0 aromatic carbocycles. The van der Waals surface area contributed by atoms with Crippen LogP contribution in [-0.2, 0) is 12.8 Å². The highest BCUT2D eigenvalue weighted by atomic mass is 32.1. The quantitative estimate of drug-likeness (QED) is 0.889. The first-order valence-electron chi connectivity index (χ1n) is 6.99. The molecule has 0 aliphatic heterocycles. The van der Waals surface area contributed by atoms with Crippen LogP contribution in [0.5, 0.6) is 0 Å². The van der Waals surface area contributed by atoms with E-state index in [0.29, 0.717) is 0 Å². The SMILES string of the molecule is Cc1n[nH]c(C)c1NC(=O)c1cc2c(s1)CCC(C)C2. The Morgan fingerprint density at radius 1 is 1.50 bits per heavy atom. The largest absolute Gasteiger partial charge is 0.318 e. The van der Waals surface area contributed by atoms with E-state index < -0.39 is 0 Å². The minimum absolute atomic E-state index is 0.0235. The molecule has 1 aliphatic rings. The van der Waals surface area contributed by atoms with E-state index in [-0.39, 0.29) is 5.91 Å². The summed E-state index contributed by atoms with van der Waals surface area (Å²) in [6.45, 7) is 6.08. The number of hydrogen-bond acceptors (Lipinski definition) is 3. The summed E-state index contributed by atoms with van der Waals surface area (Å²) in [5.41, 5.74) is 3.88. The van der Waals surface area contributed by atoms with E-state index in [1.54, 1.807) is 11.3 Å². The normalized spacial score (nSPS) is 17.9. The van der Waals surface area contributed by atoms with Crippen LogP contribution in [0.25, 0.3) is 0 Å². The number of thiophene rings is 1. The maximum absolute atomic E-state index is 12.4. The number of aromatic nitrogens is 2. The molecule has 3 rings (SSSR count). The highest BCUT2D eigenvalue weighted by molar-refractivity contribution is 7.14. The van der Waals surface area contributed by atoms with Crippen molar-refractivity contribution in [1.29, 1.82) is 0 Å². The zero-order valence-corrected chi connectivity index (χ0v) is 12.9. The summed E-state index contributed by atoms with van der Waals surface area (Å²) in [4.78, 5) is 14.6. The van der Waals surface area contributed by atoms with Crippen LogP contribution in [-0.4, -0.2) is 16.1 Å². The van der Waals surface area contributed by atoms with Crippen molar-refractivity contribution in [2.45, 2.75) is 40.0 Å². The number of carbonyl (C=O) groups is 1. The molecule has 1 atom stereocenters. The van der Waals surface area contributed by atoms with Crippen molar-refractivity contribution in [3.63, 3.8) is 0 Å². The number of rotatable bonds is 2. The van der Waals surface area contributed by atoms with Crippen molar-refractivity contribution in [1.82, 2.24) is 10.2 Å². The summed E-state index contributed by atoms with van der Waals surface area (Å²) >= 11 is 1.64. The highest BCUT2D eigenvalue weighted by Crippen LogP contribution is 2.32. The van der Waals surface area contributed by atoms with Crippen molar-refractivity contribution < 1.29 is 4.79 Å². The van der Waals surface area contributed by atoms with Gasteiger partial charge in [-0.2, -0.15) is 5.10 Å². The van der Waals surface area contributed by atoms with Gasteiger partial charge in [-0.15, -0.1) is 11.3 Å². The molecule has 0 bridgehead atoms. The number of nitrogens with zero attached hydrogens (tertiary/aromatic N) is 1. The molecule has 20 heavy (non-hydrogen) atoms. The molecule has 2 N–H and O–H groups in total. The lowest BCUT2D eigenvalue weighted by molar-refractivity contribution is 0.103. The molecule has 1 aliphatic carbocycles. The molecule has 2 heterocycles. The van der Waals surface area contributed by atoms with Crippen LogP contribution >= 0.6 is 11.3 Å². The monoisotopic (exact) mass is 289 g/mol. The van der Waals surface area contributed by atoms with Crippen LogP contribution in [0.15, 0.2) is 6.07 Å². The van der Waals surface area contributed by atoms with E-state index in [9.17, 15) is 4.79 Å². The lowest BCUT2D eigenvalue weighted by Crippen LogP contribution is -2.11. The molecule has 2 aromatic heterocycles. The molecule has 0 fully saturated rings. The second kappa shape index (κ2) is 5.05. The van der Waals surface area contributed by atoms with Gasteiger partial charge in [0.25, 0.3) is 5.91 Å². The predicted molar refractivity (Wildman–Crippen MR) is 81.5 cm³/mol. The van der Waals surface area contributed by atoms with Crippen molar-refractivity contribution in [3.8, 4) is 0 Å². The van der Waals surface area contributed by atoms with Gasteiger partial charge in [0.15, 0.2) is 0 Å². The first-order chi connectivity index (χ1) is 9.54. The summed E-state index contributed by atoms with van der Waals surface area (Å²) in [5, 5.41) is 9.96. The molecule has 2 aromatic rings. The molecule has 1 amide bonds. The molecular weight excluding hydrogens is 270 g/mol. The number of fused-ring (bicyclic) bond motifs is 1. The van der Waals surface area contributed by atoms with Crippen LogP contribution in [0.3, 0.4) is 0 Å². The minimum atomic E-state index is -0.0235. The molecule has 0 saturated carbocycles. The minimum Gasteiger partial charge on any atom is -0.318 e. The van der Waals surface area contributed by atoms with Crippen LogP contribution in [0, 0.1) is 19.8 Å². The molecular formula is C15H19N3OS. The number of carbonyl (C=O) groups excluding carboxylic acids is 1. The second-order valence-electron chi connectivity index (χ2n) is 5.67. The maximum Gasteiger partial charge on any atom is 0.265 e. The summed E-state index contributed by atoms with van der Waals surface area (Å²) in [6, 6.07) is 2.07. The molecule has 1 unspecified atom stereocenters. The molecule has 4 nitrogen and oxygen atoms in total. The van der Waals surface area contributed by atoms with Crippen molar-refractivity contribution >= 4 is 22.9 Å². The molecule has 5 heteroatoms. The summed E-state index contributed by atoms with van der Waals surface area (Å²) in [6.07, 6.45) is 3.44. The molecule has 0 spiro atoms. The van der Waals surface area contributed by atoms with Crippen LogP contribution in [0.4, 0.5) is 5.69 Å². The van der Waals surface area contributed by atoms with Gasteiger partial charge in [0.05, 0.1) is 22.0 Å². The van der Waals surface area contributed by atoms with Crippen LogP contribution in [0.2, 0.25) is 0 Å². The van der Waals surface area contributed by atoms with Crippen molar-refractivity contribution in [2.24, 2.45) is 5.92 Å². The standard InChI is InChI=1S/C15H19N3OS/c1-8-4-5-12-11(6-8)7-13(20-12)15(19)16-14-9(2)17-18-10(14)3/h7-8H,4-6H2,1-3H3,(H,16,19)(H,17,18). The van der Waals surface area contributed by atoms with Crippen molar-refractivity contribution in [2.75, 3.05) is 5.32 Å². The lowest BCUT2D eigenvalue weighted by Gasteiger charge is -2.16. The zero-order valence-electron chi connectivity index (χ0n) is 12.0. The number of amides is 1. The number of aryl methyl sites for hydroxylation is 3. The summed E-state index contributed by atoms with van der Waals surface area (Å²) in [5.74, 6) is 0.705. The first-order valence-corrected chi connectivity index (χ1v) is 7.80. The van der Waals surface area contributed by atoms with Crippen LogP contribution in [0.1, 0.15) is 44.8 Å². The Balaban J connectivity index is 1.81. The third kappa shape index (κ3) is 2.38. The van der Waals surface area contributed by atoms with Gasteiger partial charge in [-0.05, 0) is 50.7 Å². The Morgan fingerprint density at radius 3 is 3.00 bits per heavy atom. The van der Waals surface area contributed by atoms with Gasteiger partial charge in [-0.25, -0.2) is 0 Å². The average Bonchev–Trinajstić information content (AvgIpc) is 2.96. The Hall–Kier alpha value is -1.62. The van der Waals surface area contributed by atoms with Gasteiger partial charge in [-0.1, -0.05) is 6.92 Å². The highest BCUT2D eigenvalue weighted by Gasteiger charge is 2.21. The van der Waals surface area contributed by atoms with E-state index >= 15 is 0 Å². The molecule has 0 radical (unpaired) electrons. The van der Waals surface area contributed by atoms with Gasteiger partial charge in [0.1, 0.15) is 0 Å². The Morgan fingerprint density at radius 2 is 2.30 bits per heavy atom. The van der Waals surface area contributed by atoms with E-state index in [4.69, 9.17) is 0 Å². The predicted octanol–water partition coefficient (Wildman–Crippen LogP) is 3.47. The number of nitrogens with one attached hydrogen (secondary N) is 2. The van der Waals surface area contributed by atoms with Gasteiger partial charge in [-0.3, -0.25) is 9.89 Å². The maximum atomic E-state index is 12.4. The third-order valence-electron chi connectivity index (χ3n) is 3.92. The number of hydrogen-bond donors (Lipinski definition) is 2. The van der Waals surface area contributed by atoms with E-state index in [1.807, 2.05) is 13.8 Å². The van der Waals surface area contributed by atoms with Gasteiger partial charge >= 0.3 is 0 Å². The summed E-state index contributed by atoms with van der Waals surface area (Å²) < 4.78 is 0. The first kappa shape index (κ1) is 13.4. The average molecular weight is 289 g/mol. The third-order valence-corrected chi connectivity index (χ3v) is 5.16. The molecule has 0 saturated heterocycles. The smallest absolute Gasteiger partial charge is 0.265 e. The topological polar surface area (TPSA) is 57.8 Å². The Bertz CT molecular complexity index is 637. The lowest BCUT2D eigenvalue weighted by atomic mass is 9.90. The fraction of sp³-hybridized carbons (Fsp3) is 0.467. The van der Waals surface area contributed by atoms with E-state index in [2.05, 4.69) is 28.5 Å². The zero-order chi connectivity index (χ0) is 14.3. The Labute approximate surface area is 122 Å². The fourth-order valence-electron chi connectivity index (χ4n) is 2.73.